The summed E-state index contributed by atoms with van der Waals surface area (Å²) in [5, 5.41) is 13.7. The zero-order valence-electron chi connectivity index (χ0n) is 10.0. The molecule has 7 heteroatoms. The Bertz CT molecular complexity index is 452. The van der Waals surface area contributed by atoms with E-state index in [1.165, 1.54) is 17.4 Å². The summed E-state index contributed by atoms with van der Waals surface area (Å²) < 4.78 is 0. The van der Waals surface area contributed by atoms with Crippen molar-refractivity contribution < 1.29 is 14.7 Å². The number of rotatable bonds is 2. The molecule has 0 radical (unpaired) electrons. The molecular formula is C11H15N3O3S. The van der Waals surface area contributed by atoms with E-state index in [2.05, 4.69) is 10.2 Å². The molecular weight excluding hydrogens is 254 g/mol. The van der Waals surface area contributed by atoms with Gasteiger partial charge in [-0.05, 0) is 18.5 Å². The Morgan fingerprint density at radius 2 is 2.00 bits per heavy atom. The van der Waals surface area contributed by atoms with Gasteiger partial charge in [0.05, 0.1) is 5.56 Å². The van der Waals surface area contributed by atoms with E-state index in [9.17, 15) is 9.59 Å². The van der Waals surface area contributed by atoms with E-state index in [0.717, 1.165) is 13.1 Å². The van der Waals surface area contributed by atoms with Gasteiger partial charge in [0.1, 0.15) is 5.00 Å². The van der Waals surface area contributed by atoms with Crippen LogP contribution < -0.4 is 5.32 Å². The van der Waals surface area contributed by atoms with Crippen molar-refractivity contribution in [1.29, 1.82) is 0 Å². The van der Waals surface area contributed by atoms with Crippen LogP contribution in [0.5, 0.6) is 0 Å². The first kappa shape index (κ1) is 12.8. The van der Waals surface area contributed by atoms with Crippen molar-refractivity contribution in [1.82, 2.24) is 9.80 Å². The van der Waals surface area contributed by atoms with E-state index in [1.54, 1.807) is 10.3 Å². The fraction of sp³-hybridized carbons (Fsp3) is 0.455. The van der Waals surface area contributed by atoms with Crippen LogP contribution in [0.3, 0.4) is 0 Å². The minimum absolute atomic E-state index is 0.141. The lowest BCUT2D eigenvalue weighted by Crippen LogP contribution is -2.48. The molecule has 1 aromatic heterocycles. The molecule has 1 saturated heterocycles. The summed E-state index contributed by atoms with van der Waals surface area (Å²) in [6, 6.07) is 1.26. The molecule has 0 bridgehead atoms. The number of piperazine rings is 1. The summed E-state index contributed by atoms with van der Waals surface area (Å²) in [6.07, 6.45) is 0. The lowest BCUT2D eigenvalue weighted by Gasteiger charge is -2.32. The molecule has 1 aromatic rings. The van der Waals surface area contributed by atoms with Crippen molar-refractivity contribution >= 4 is 28.3 Å². The second-order valence-electron chi connectivity index (χ2n) is 4.19. The van der Waals surface area contributed by atoms with Crippen molar-refractivity contribution in [3.63, 3.8) is 0 Å². The summed E-state index contributed by atoms with van der Waals surface area (Å²) in [5.74, 6) is -1.02. The van der Waals surface area contributed by atoms with Gasteiger partial charge in [-0.2, -0.15) is 0 Å². The van der Waals surface area contributed by atoms with Gasteiger partial charge < -0.3 is 14.9 Å². The maximum atomic E-state index is 12.0. The van der Waals surface area contributed by atoms with Gasteiger partial charge in [0.25, 0.3) is 0 Å². The van der Waals surface area contributed by atoms with Gasteiger partial charge in [0.2, 0.25) is 0 Å². The number of anilines is 1. The predicted molar refractivity (Wildman–Crippen MR) is 69.4 cm³/mol. The minimum atomic E-state index is -1.02. The molecule has 0 saturated carbocycles. The predicted octanol–water partition coefficient (Wildman–Crippen LogP) is 1.23. The third-order valence-electron chi connectivity index (χ3n) is 2.91. The fourth-order valence-corrected chi connectivity index (χ4v) is 2.53. The van der Waals surface area contributed by atoms with E-state index >= 15 is 0 Å². The number of hydrogen-bond donors (Lipinski definition) is 2. The zero-order valence-corrected chi connectivity index (χ0v) is 10.9. The average Bonchev–Trinajstić information content (AvgIpc) is 2.78. The third-order valence-corrected chi connectivity index (χ3v) is 3.74. The number of hydrogen-bond acceptors (Lipinski definition) is 4. The van der Waals surface area contributed by atoms with Crippen LogP contribution in [-0.4, -0.2) is 60.1 Å². The molecule has 0 unspecified atom stereocenters. The Hall–Kier alpha value is -1.60. The first-order valence-electron chi connectivity index (χ1n) is 5.63. The number of carboxylic acids is 1. The Labute approximate surface area is 109 Å². The van der Waals surface area contributed by atoms with Crippen molar-refractivity contribution in [3.8, 4) is 0 Å². The number of likely N-dealkylation sites (N-methyl/N-ethyl adjacent to an activating group) is 1. The van der Waals surface area contributed by atoms with Crippen molar-refractivity contribution in [2.45, 2.75) is 0 Å². The van der Waals surface area contributed by atoms with Crippen LogP contribution in [0.2, 0.25) is 0 Å². The summed E-state index contributed by atoms with van der Waals surface area (Å²) in [5.41, 5.74) is 0.141. The highest BCUT2D eigenvalue weighted by Gasteiger charge is 2.21. The maximum absolute atomic E-state index is 12.0. The third kappa shape index (κ3) is 2.80. The topological polar surface area (TPSA) is 72.9 Å². The monoisotopic (exact) mass is 269 g/mol. The molecule has 18 heavy (non-hydrogen) atoms. The van der Waals surface area contributed by atoms with E-state index in [1.807, 2.05) is 7.05 Å². The fourth-order valence-electron chi connectivity index (χ4n) is 1.76. The summed E-state index contributed by atoms with van der Waals surface area (Å²) in [4.78, 5) is 26.7. The lowest BCUT2D eigenvalue weighted by molar-refractivity contribution is 0.0698. The zero-order chi connectivity index (χ0) is 13.1. The van der Waals surface area contributed by atoms with E-state index < -0.39 is 5.97 Å². The van der Waals surface area contributed by atoms with Gasteiger partial charge in [-0.1, -0.05) is 0 Å². The first-order chi connectivity index (χ1) is 8.58. The quantitative estimate of drug-likeness (QED) is 0.847. The van der Waals surface area contributed by atoms with Crippen LogP contribution in [0.25, 0.3) is 0 Å². The lowest BCUT2D eigenvalue weighted by atomic mass is 10.3. The molecule has 2 amide bonds. The summed E-state index contributed by atoms with van der Waals surface area (Å²) in [6.45, 7) is 3.00. The highest BCUT2D eigenvalue weighted by atomic mass is 32.1. The summed E-state index contributed by atoms with van der Waals surface area (Å²) in [7, 11) is 2.01. The van der Waals surface area contributed by atoms with Gasteiger partial charge >= 0.3 is 12.0 Å². The Balaban J connectivity index is 1.98. The number of nitrogens with zero attached hydrogens (tertiary/aromatic N) is 2. The molecule has 1 aliphatic rings. The van der Waals surface area contributed by atoms with E-state index in [-0.39, 0.29) is 11.6 Å². The van der Waals surface area contributed by atoms with Gasteiger partial charge in [0.15, 0.2) is 0 Å². The highest BCUT2D eigenvalue weighted by molar-refractivity contribution is 7.14. The maximum Gasteiger partial charge on any atom is 0.338 e. The Morgan fingerprint density at radius 3 is 2.61 bits per heavy atom. The number of nitrogens with one attached hydrogen (secondary N) is 1. The molecule has 2 rings (SSSR count). The molecule has 2 heterocycles. The largest absolute Gasteiger partial charge is 0.478 e. The number of urea groups is 1. The molecule has 2 N–H and O–H groups in total. The van der Waals surface area contributed by atoms with E-state index in [0.29, 0.717) is 18.1 Å². The average molecular weight is 269 g/mol. The standard InChI is InChI=1S/C11H15N3O3S/c1-13-3-5-14(6-4-13)11(17)12-9-8(10(15)16)2-7-18-9/h2,7H,3-6H2,1H3,(H,12,17)(H,15,16). The van der Waals surface area contributed by atoms with E-state index in [4.69, 9.17) is 5.11 Å². The smallest absolute Gasteiger partial charge is 0.338 e. The van der Waals surface area contributed by atoms with Gasteiger partial charge in [-0.3, -0.25) is 5.32 Å². The molecule has 1 fully saturated rings. The number of thiophene rings is 1. The van der Waals surface area contributed by atoms with Crippen LogP contribution in [0.1, 0.15) is 10.4 Å². The number of carboxylic acid groups (broad SMARTS) is 1. The van der Waals surface area contributed by atoms with Crippen LogP contribution in [-0.2, 0) is 0 Å². The van der Waals surface area contributed by atoms with Gasteiger partial charge in [-0.25, -0.2) is 9.59 Å². The first-order valence-corrected chi connectivity index (χ1v) is 6.51. The SMILES string of the molecule is CN1CCN(C(=O)Nc2sccc2C(=O)O)CC1. The van der Waals surface area contributed by atoms with Crippen LogP contribution in [0.15, 0.2) is 11.4 Å². The molecule has 6 nitrogen and oxygen atoms in total. The number of carbonyl (C=O) groups is 2. The highest BCUT2D eigenvalue weighted by Crippen LogP contribution is 2.23. The number of aromatic carboxylic acids is 1. The van der Waals surface area contributed by atoms with Crippen molar-refractivity contribution in [3.05, 3.63) is 17.0 Å². The van der Waals surface area contributed by atoms with Gasteiger partial charge in [0, 0.05) is 26.2 Å². The molecule has 0 aliphatic carbocycles. The van der Waals surface area contributed by atoms with Crippen molar-refractivity contribution in [2.24, 2.45) is 0 Å². The Morgan fingerprint density at radius 1 is 1.33 bits per heavy atom. The summed E-state index contributed by atoms with van der Waals surface area (Å²) >= 11 is 1.22. The molecule has 0 spiro atoms. The minimum Gasteiger partial charge on any atom is -0.478 e. The molecule has 1 aliphatic heterocycles. The molecule has 98 valence electrons. The number of amides is 2. The van der Waals surface area contributed by atoms with Crippen molar-refractivity contribution in [2.75, 3.05) is 38.5 Å². The normalized spacial score (nSPS) is 16.6. The molecule has 0 aromatic carbocycles. The number of carbonyl (C=O) groups excluding carboxylic acids is 1. The second-order valence-corrected chi connectivity index (χ2v) is 5.11. The van der Waals surface area contributed by atoms with Crippen LogP contribution >= 0.6 is 11.3 Å². The Kier molecular flexibility index (Phi) is 3.83. The molecule has 0 atom stereocenters. The second kappa shape index (κ2) is 5.36. The van der Waals surface area contributed by atoms with Crippen LogP contribution in [0, 0.1) is 0 Å². The van der Waals surface area contributed by atoms with Gasteiger partial charge in [-0.15, -0.1) is 11.3 Å². The van der Waals surface area contributed by atoms with Crippen LogP contribution in [0.4, 0.5) is 9.80 Å².